The Morgan fingerprint density at radius 1 is 1.29 bits per heavy atom. The Morgan fingerprint density at radius 2 is 1.95 bits per heavy atom. The van der Waals surface area contributed by atoms with Gasteiger partial charge in [0.1, 0.15) is 17.5 Å². The number of hydrogen-bond donors (Lipinski definition) is 1. The average Bonchev–Trinajstić information content (AvgIpc) is 2.45. The Hall–Kier alpha value is -2.42. The molecule has 8 nitrogen and oxygen atoms in total. The molecule has 0 radical (unpaired) electrons. The quantitative estimate of drug-likeness (QED) is 0.754. The number of aryl methyl sites for hydroxylation is 1. The van der Waals surface area contributed by atoms with E-state index in [2.05, 4.69) is 15.1 Å². The molecule has 2 heterocycles. The summed E-state index contributed by atoms with van der Waals surface area (Å²) >= 11 is 0. The maximum atomic E-state index is 11.3. The van der Waals surface area contributed by atoms with Crippen molar-refractivity contribution in [1.82, 2.24) is 15.1 Å². The SMILES string of the molecule is CS(=O)(=O)c1cnc(-c2cc[n+](CCC(=O)O)nc2)nc1. The van der Waals surface area contributed by atoms with E-state index >= 15 is 0 Å². The van der Waals surface area contributed by atoms with Crippen molar-refractivity contribution in [2.75, 3.05) is 6.26 Å². The third kappa shape index (κ3) is 4.02. The maximum absolute atomic E-state index is 11.3. The Kier molecular flexibility index (Phi) is 4.22. The first-order chi connectivity index (χ1) is 9.86. The highest BCUT2D eigenvalue weighted by atomic mass is 32.2. The first kappa shape index (κ1) is 15.0. The van der Waals surface area contributed by atoms with Crippen LogP contribution < -0.4 is 4.68 Å². The summed E-state index contributed by atoms with van der Waals surface area (Å²) in [4.78, 5) is 18.5. The molecule has 0 bridgehead atoms. The first-order valence-corrected chi connectivity index (χ1v) is 7.85. The topological polar surface area (TPSA) is 114 Å². The van der Waals surface area contributed by atoms with Crippen molar-refractivity contribution in [3.05, 3.63) is 30.9 Å². The van der Waals surface area contributed by atoms with Crippen LogP contribution in [0, 0.1) is 0 Å². The van der Waals surface area contributed by atoms with Crippen LogP contribution in [0.5, 0.6) is 0 Å². The largest absolute Gasteiger partial charge is 0.481 e. The van der Waals surface area contributed by atoms with E-state index in [-0.39, 0.29) is 17.9 Å². The summed E-state index contributed by atoms with van der Waals surface area (Å²) in [6.07, 6.45) is 6.66. The minimum absolute atomic E-state index is 0.0173. The number of aromatic nitrogens is 4. The number of carboxylic acids is 1. The highest BCUT2D eigenvalue weighted by Crippen LogP contribution is 2.13. The van der Waals surface area contributed by atoms with Crippen LogP contribution in [-0.2, 0) is 21.2 Å². The summed E-state index contributed by atoms with van der Waals surface area (Å²) in [6.45, 7) is 0.267. The van der Waals surface area contributed by atoms with Gasteiger partial charge in [-0.1, -0.05) is 4.68 Å². The van der Waals surface area contributed by atoms with Gasteiger partial charge in [-0.2, -0.15) is 0 Å². The zero-order valence-electron chi connectivity index (χ0n) is 11.2. The van der Waals surface area contributed by atoms with Crippen molar-refractivity contribution in [3.8, 4) is 11.4 Å². The molecule has 0 amide bonds. The molecule has 0 atom stereocenters. The standard InChI is InChI=1S/C12H12N4O4S/c1-21(19,20)10-7-13-12(14-8-10)9-2-4-16(15-6-9)5-3-11(17)18/h2,4,6-8H,3,5H2,1H3/p+1. The van der Waals surface area contributed by atoms with Gasteiger partial charge in [-0.05, 0) is 5.10 Å². The molecule has 2 aromatic heterocycles. The van der Waals surface area contributed by atoms with Crippen molar-refractivity contribution < 1.29 is 23.0 Å². The molecule has 0 aliphatic rings. The van der Waals surface area contributed by atoms with Gasteiger partial charge in [-0.15, -0.1) is 0 Å². The second kappa shape index (κ2) is 5.92. The van der Waals surface area contributed by atoms with Gasteiger partial charge in [0, 0.05) is 30.3 Å². The fourth-order valence-electron chi connectivity index (χ4n) is 1.52. The first-order valence-electron chi connectivity index (χ1n) is 5.96. The van der Waals surface area contributed by atoms with E-state index < -0.39 is 15.8 Å². The number of sulfone groups is 1. The number of hydrogen-bond acceptors (Lipinski definition) is 6. The van der Waals surface area contributed by atoms with E-state index in [9.17, 15) is 13.2 Å². The second-order valence-electron chi connectivity index (χ2n) is 4.34. The highest BCUT2D eigenvalue weighted by molar-refractivity contribution is 7.90. The van der Waals surface area contributed by atoms with Crippen LogP contribution in [0.15, 0.2) is 35.7 Å². The number of aliphatic carboxylic acids is 1. The second-order valence-corrected chi connectivity index (χ2v) is 6.35. The predicted octanol–water partition coefficient (Wildman–Crippen LogP) is -0.296. The predicted molar refractivity (Wildman–Crippen MR) is 70.8 cm³/mol. The van der Waals surface area contributed by atoms with E-state index in [1.54, 1.807) is 12.3 Å². The van der Waals surface area contributed by atoms with Gasteiger partial charge in [-0.25, -0.2) is 18.4 Å². The summed E-state index contributed by atoms with van der Waals surface area (Å²) in [5, 5.41) is 12.6. The van der Waals surface area contributed by atoms with Crippen molar-refractivity contribution in [2.24, 2.45) is 0 Å². The Bertz CT molecular complexity index is 742. The van der Waals surface area contributed by atoms with Gasteiger partial charge in [0.05, 0.1) is 0 Å². The molecule has 0 aliphatic heterocycles. The molecule has 0 unspecified atom stereocenters. The van der Waals surface area contributed by atoms with Gasteiger partial charge in [0.25, 0.3) is 0 Å². The van der Waals surface area contributed by atoms with Gasteiger partial charge < -0.3 is 5.11 Å². The number of carboxylic acid groups (broad SMARTS) is 1. The van der Waals surface area contributed by atoms with E-state index in [0.717, 1.165) is 6.26 Å². The summed E-state index contributed by atoms with van der Waals surface area (Å²) in [6, 6.07) is 1.68. The molecule has 2 aromatic rings. The molecule has 9 heteroatoms. The van der Waals surface area contributed by atoms with Crippen LogP contribution in [0.2, 0.25) is 0 Å². The van der Waals surface area contributed by atoms with Crippen LogP contribution >= 0.6 is 0 Å². The lowest BCUT2D eigenvalue weighted by Gasteiger charge is -2.00. The smallest absolute Gasteiger partial charge is 0.309 e. The molecular formula is C12H13N4O4S+. The number of carbonyl (C=O) groups is 1. The fourth-order valence-corrected chi connectivity index (χ4v) is 2.00. The maximum Gasteiger partial charge on any atom is 0.309 e. The van der Waals surface area contributed by atoms with Crippen LogP contribution in [0.3, 0.4) is 0 Å². The molecule has 110 valence electrons. The molecular weight excluding hydrogens is 296 g/mol. The summed E-state index contributed by atoms with van der Waals surface area (Å²) in [5.74, 6) is -0.548. The van der Waals surface area contributed by atoms with E-state index in [1.807, 2.05) is 0 Å². The third-order valence-electron chi connectivity index (χ3n) is 2.64. The molecule has 0 fully saturated rings. The fraction of sp³-hybridized carbons (Fsp3) is 0.250. The van der Waals surface area contributed by atoms with Crippen molar-refractivity contribution >= 4 is 15.8 Å². The number of nitrogens with zero attached hydrogens (tertiary/aromatic N) is 4. The molecule has 1 N–H and O–H groups in total. The summed E-state index contributed by atoms with van der Waals surface area (Å²) in [7, 11) is -3.32. The lowest BCUT2D eigenvalue weighted by atomic mass is 10.3. The molecule has 2 rings (SSSR count). The van der Waals surface area contributed by atoms with Crippen molar-refractivity contribution in [2.45, 2.75) is 17.9 Å². The molecule has 0 saturated heterocycles. The monoisotopic (exact) mass is 309 g/mol. The average molecular weight is 309 g/mol. The molecule has 0 spiro atoms. The van der Waals surface area contributed by atoms with Crippen molar-refractivity contribution in [1.29, 1.82) is 0 Å². The normalized spacial score (nSPS) is 11.3. The molecule has 0 aliphatic carbocycles. The Morgan fingerprint density at radius 3 is 2.43 bits per heavy atom. The van der Waals surface area contributed by atoms with Crippen LogP contribution in [0.4, 0.5) is 0 Å². The lowest BCUT2D eigenvalue weighted by molar-refractivity contribution is -0.752. The summed E-state index contributed by atoms with van der Waals surface area (Å²) < 4.78 is 24.1. The van der Waals surface area contributed by atoms with Crippen LogP contribution in [-0.4, -0.2) is 40.8 Å². The zero-order chi connectivity index (χ0) is 15.5. The molecule has 21 heavy (non-hydrogen) atoms. The van der Waals surface area contributed by atoms with Crippen molar-refractivity contribution in [3.63, 3.8) is 0 Å². The minimum atomic E-state index is -3.32. The van der Waals surface area contributed by atoms with Gasteiger partial charge in [-0.3, -0.25) is 4.79 Å². The van der Waals surface area contributed by atoms with Gasteiger partial charge in [0.2, 0.25) is 0 Å². The Balaban J connectivity index is 2.17. The molecule has 0 aromatic carbocycles. The third-order valence-corrected chi connectivity index (χ3v) is 3.71. The van der Waals surface area contributed by atoms with E-state index in [4.69, 9.17) is 5.11 Å². The lowest BCUT2D eigenvalue weighted by Crippen LogP contribution is -2.38. The molecule has 0 saturated carbocycles. The van der Waals surface area contributed by atoms with Gasteiger partial charge in [0.15, 0.2) is 28.4 Å². The zero-order valence-corrected chi connectivity index (χ0v) is 12.0. The number of rotatable bonds is 5. The minimum Gasteiger partial charge on any atom is -0.481 e. The van der Waals surface area contributed by atoms with Crippen LogP contribution in [0.25, 0.3) is 11.4 Å². The Labute approximate surface area is 121 Å². The summed E-state index contributed by atoms with van der Waals surface area (Å²) in [5.41, 5.74) is 0.613. The van der Waals surface area contributed by atoms with Crippen LogP contribution in [0.1, 0.15) is 6.42 Å². The highest BCUT2D eigenvalue weighted by Gasteiger charge is 2.11. The van der Waals surface area contributed by atoms with E-state index in [1.165, 1.54) is 23.3 Å². The van der Waals surface area contributed by atoms with E-state index in [0.29, 0.717) is 11.4 Å². The van der Waals surface area contributed by atoms with Gasteiger partial charge >= 0.3 is 5.97 Å².